The molecule has 0 unspecified atom stereocenters. The predicted octanol–water partition coefficient (Wildman–Crippen LogP) is 2.13. The molecule has 0 aromatic heterocycles. The highest BCUT2D eigenvalue weighted by atomic mass is 18.2. The highest BCUT2D eigenvalue weighted by molar-refractivity contribution is 4.84. The summed E-state index contributed by atoms with van der Waals surface area (Å²) in [6.07, 6.45) is 7.60. The van der Waals surface area contributed by atoms with E-state index in [2.05, 4.69) is 12.2 Å². The van der Waals surface area contributed by atoms with Crippen LogP contribution in [0.25, 0.3) is 0 Å². The van der Waals surface area contributed by atoms with Crippen molar-refractivity contribution in [2.45, 2.75) is 25.4 Å². The number of alkyl halides is 1. The SMILES string of the molecule is [18F]CCOCCOCCOC[C@H]1CC/C=C/CCO1. The van der Waals surface area contributed by atoms with Gasteiger partial charge in [0, 0.05) is 0 Å². The maximum absolute atomic E-state index is 11.7. The maximum atomic E-state index is 11.7. The molecule has 0 amide bonds. The first-order valence-electron chi connectivity index (χ1n) is 6.99. The first-order chi connectivity index (χ1) is 9.43. The molecule has 112 valence electrons. The van der Waals surface area contributed by atoms with Crippen LogP contribution < -0.4 is 0 Å². The van der Waals surface area contributed by atoms with Crippen molar-refractivity contribution in [1.29, 1.82) is 0 Å². The van der Waals surface area contributed by atoms with Crippen molar-refractivity contribution in [2.24, 2.45) is 0 Å². The number of rotatable bonds is 10. The maximum Gasteiger partial charge on any atom is 0.113 e. The summed E-state index contributed by atoms with van der Waals surface area (Å²) in [7, 11) is 0. The average molecular weight is 275 g/mol. The molecule has 1 aliphatic rings. The lowest BCUT2D eigenvalue weighted by Crippen LogP contribution is -2.22. The molecule has 0 saturated carbocycles. The topological polar surface area (TPSA) is 36.9 Å². The van der Waals surface area contributed by atoms with E-state index in [9.17, 15) is 4.39 Å². The van der Waals surface area contributed by atoms with Crippen LogP contribution in [-0.2, 0) is 18.9 Å². The largest absolute Gasteiger partial charge is 0.377 e. The highest BCUT2D eigenvalue weighted by Gasteiger charge is 2.09. The number of ether oxygens (including phenoxy) is 4. The Balaban J connectivity index is 1.85. The van der Waals surface area contributed by atoms with Gasteiger partial charge >= 0.3 is 0 Å². The number of allylic oxidation sites excluding steroid dienone is 1. The Morgan fingerprint density at radius 1 is 0.947 bits per heavy atom. The van der Waals surface area contributed by atoms with E-state index < -0.39 is 6.67 Å². The smallest absolute Gasteiger partial charge is 0.113 e. The molecule has 0 aromatic rings. The van der Waals surface area contributed by atoms with Gasteiger partial charge < -0.3 is 18.9 Å². The Morgan fingerprint density at radius 3 is 2.42 bits per heavy atom. The Morgan fingerprint density at radius 2 is 1.63 bits per heavy atom. The minimum atomic E-state index is -0.445. The van der Waals surface area contributed by atoms with Crippen LogP contribution in [0.1, 0.15) is 19.3 Å². The van der Waals surface area contributed by atoms with Crippen LogP contribution in [0.2, 0.25) is 0 Å². The quantitative estimate of drug-likeness (QED) is 0.452. The molecule has 1 heterocycles. The molecule has 0 saturated heterocycles. The molecule has 0 aliphatic carbocycles. The number of halogens is 1. The Labute approximate surface area is 114 Å². The van der Waals surface area contributed by atoms with Crippen LogP contribution in [-0.4, -0.2) is 59.0 Å². The van der Waals surface area contributed by atoms with Crippen molar-refractivity contribution >= 4 is 0 Å². The Hall–Kier alpha value is -0.490. The molecule has 1 atom stereocenters. The van der Waals surface area contributed by atoms with E-state index in [1.807, 2.05) is 0 Å². The zero-order chi connectivity index (χ0) is 13.6. The summed E-state index contributed by atoms with van der Waals surface area (Å²) in [4.78, 5) is 0. The van der Waals surface area contributed by atoms with Crippen LogP contribution in [0.4, 0.5) is 4.39 Å². The van der Waals surface area contributed by atoms with E-state index in [1.54, 1.807) is 0 Å². The lowest BCUT2D eigenvalue weighted by molar-refractivity contribution is -0.0384. The normalized spacial score (nSPS) is 21.8. The predicted molar refractivity (Wildman–Crippen MR) is 71.2 cm³/mol. The second kappa shape index (κ2) is 12.5. The van der Waals surface area contributed by atoms with Gasteiger partial charge in [0.2, 0.25) is 0 Å². The minimum absolute atomic E-state index is 0.146. The van der Waals surface area contributed by atoms with Crippen molar-refractivity contribution in [3.05, 3.63) is 12.2 Å². The molecule has 0 N–H and O–H groups in total. The summed E-state index contributed by atoms with van der Waals surface area (Å²) in [5.74, 6) is 0. The van der Waals surface area contributed by atoms with Gasteiger partial charge in [0.05, 0.1) is 52.4 Å². The third-order valence-electron chi connectivity index (χ3n) is 2.73. The van der Waals surface area contributed by atoms with Gasteiger partial charge in [-0.2, -0.15) is 0 Å². The minimum Gasteiger partial charge on any atom is -0.377 e. The van der Waals surface area contributed by atoms with Gasteiger partial charge in [0.25, 0.3) is 0 Å². The van der Waals surface area contributed by atoms with E-state index in [0.29, 0.717) is 33.0 Å². The summed E-state index contributed by atoms with van der Waals surface area (Å²) in [6, 6.07) is 0. The van der Waals surface area contributed by atoms with E-state index >= 15 is 0 Å². The molecule has 0 fully saturated rings. The van der Waals surface area contributed by atoms with Gasteiger partial charge in [-0.3, -0.25) is 0 Å². The molecule has 0 bridgehead atoms. The molecule has 1 aliphatic heterocycles. The van der Waals surface area contributed by atoms with Gasteiger partial charge in [-0.25, -0.2) is 4.39 Å². The van der Waals surface area contributed by atoms with Gasteiger partial charge in [0.1, 0.15) is 6.67 Å². The van der Waals surface area contributed by atoms with Crippen LogP contribution >= 0.6 is 0 Å². The molecule has 0 radical (unpaired) electrons. The Kier molecular flexibility index (Phi) is 10.9. The molecular formula is C14H25FO4. The zero-order valence-corrected chi connectivity index (χ0v) is 11.5. The molecule has 1 rings (SSSR count). The van der Waals surface area contributed by atoms with Crippen molar-refractivity contribution < 1.29 is 23.3 Å². The van der Waals surface area contributed by atoms with Crippen LogP contribution in [0, 0.1) is 0 Å². The monoisotopic (exact) mass is 275 g/mol. The molecular weight excluding hydrogens is 250 g/mol. The highest BCUT2D eigenvalue weighted by Crippen LogP contribution is 2.08. The number of hydrogen-bond donors (Lipinski definition) is 0. The van der Waals surface area contributed by atoms with E-state index in [4.69, 9.17) is 18.9 Å². The van der Waals surface area contributed by atoms with Crippen LogP contribution in [0.5, 0.6) is 0 Å². The van der Waals surface area contributed by atoms with Crippen molar-refractivity contribution in [3.8, 4) is 0 Å². The van der Waals surface area contributed by atoms with Crippen LogP contribution in [0.15, 0.2) is 12.2 Å². The van der Waals surface area contributed by atoms with Gasteiger partial charge in [0.15, 0.2) is 0 Å². The molecule has 19 heavy (non-hydrogen) atoms. The third-order valence-corrected chi connectivity index (χ3v) is 2.73. The van der Waals surface area contributed by atoms with Gasteiger partial charge in [-0.15, -0.1) is 0 Å². The fraction of sp³-hybridized carbons (Fsp3) is 0.857. The van der Waals surface area contributed by atoms with E-state index in [-0.39, 0.29) is 12.7 Å². The average Bonchev–Trinajstić information content (AvgIpc) is 2.39. The van der Waals surface area contributed by atoms with E-state index in [1.165, 1.54) is 0 Å². The molecule has 0 spiro atoms. The lowest BCUT2D eigenvalue weighted by atomic mass is 10.1. The summed E-state index contributed by atoms with van der Waals surface area (Å²) < 4.78 is 33.1. The van der Waals surface area contributed by atoms with Crippen molar-refractivity contribution in [2.75, 3.05) is 52.9 Å². The Bertz CT molecular complexity index is 223. The second-order valence-electron chi connectivity index (χ2n) is 4.32. The zero-order valence-electron chi connectivity index (χ0n) is 11.5. The second-order valence-corrected chi connectivity index (χ2v) is 4.32. The fourth-order valence-electron chi connectivity index (χ4n) is 1.74. The first-order valence-corrected chi connectivity index (χ1v) is 6.99. The van der Waals surface area contributed by atoms with Crippen molar-refractivity contribution in [1.82, 2.24) is 0 Å². The van der Waals surface area contributed by atoms with Gasteiger partial charge in [-0.1, -0.05) is 12.2 Å². The standard InChI is InChI=1S/C14H25FO4/c15-6-8-16-9-10-17-11-12-18-13-14-5-3-1-2-4-7-19-14/h1-2,14H,3-13H2/b2-1+/t14-/m1/s1/i15-1. The van der Waals surface area contributed by atoms with E-state index in [0.717, 1.165) is 25.9 Å². The summed E-state index contributed by atoms with van der Waals surface area (Å²) in [5, 5.41) is 0. The summed E-state index contributed by atoms with van der Waals surface area (Å²) in [6.45, 7) is 3.09. The summed E-state index contributed by atoms with van der Waals surface area (Å²) in [5.41, 5.74) is 0. The summed E-state index contributed by atoms with van der Waals surface area (Å²) >= 11 is 0. The number of hydrogen-bond acceptors (Lipinski definition) is 4. The molecule has 5 heteroatoms. The third kappa shape index (κ3) is 10.0. The molecule has 4 nitrogen and oxygen atoms in total. The molecule has 0 aromatic carbocycles. The van der Waals surface area contributed by atoms with Crippen molar-refractivity contribution in [3.63, 3.8) is 0 Å². The van der Waals surface area contributed by atoms with Gasteiger partial charge in [-0.05, 0) is 19.3 Å². The lowest BCUT2D eigenvalue weighted by Gasteiger charge is -2.18. The van der Waals surface area contributed by atoms with Crippen LogP contribution in [0.3, 0.4) is 0 Å². The fourth-order valence-corrected chi connectivity index (χ4v) is 1.74. The first kappa shape index (κ1) is 16.6.